The molecule has 0 spiro atoms. The van der Waals surface area contributed by atoms with E-state index >= 15 is 0 Å². The average Bonchev–Trinajstić information content (AvgIpc) is 3.33. The fourth-order valence-corrected chi connectivity index (χ4v) is 5.70. The second-order valence-corrected chi connectivity index (χ2v) is 9.90. The molecule has 0 saturated carbocycles. The number of nitrogens with one attached hydrogen (secondary N) is 1. The third kappa shape index (κ3) is 5.67. The first-order chi connectivity index (χ1) is 16.8. The number of para-hydroxylation sites is 2. The predicted molar refractivity (Wildman–Crippen MR) is 139 cm³/mol. The van der Waals surface area contributed by atoms with Crippen molar-refractivity contribution < 1.29 is 4.74 Å². The van der Waals surface area contributed by atoms with Crippen molar-refractivity contribution in [1.29, 1.82) is 0 Å². The summed E-state index contributed by atoms with van der Waals surface area (Å²) in [5.41, 5.74) is 2.75. The van der Waals surface area contributed by atoms with Gasteiger partial charge in [0.15, 0.2) is 10.3 Å². The number of nitrogens with zero attached hydrogens (tertiary/aromatic N) is 4. The van der Waals surface area contributed by atoms with Gasteiger partial charge < -0.3 is 10.1 Å². The molecule has 0 radical (unpaired) electrons. The predicted octanol–water partition coefficient (Wildman–Crippen LogP) is 4.61. The second-order valence-electron chi connectivity index (χ2n) is 8.10. The maximum atomic E-state index is 13.3. The number of morpholine rings is 1. The Kier molecular flexibility index (Phi) is 7.55. The van der Waals surface area contributed by atoms with E-state index in [0.717, 1.165) is 66.5 Å². The highest BCUT2D eigenvalue weighted by molar-refractivity contribution is 7.98. The molecule has 1 aliphatic rings. The molecule has 2 aromatic heterocycles. The molecule has 7 nitrogen and oxygen atoms in total. The zero-order valence-corrected chi connectivity index (χ0v) is 20.5. The molecule has 176 valence electrons. The van der Waals surface area contributed by atoms with Gasteiger partial charge in [0, 0.05) is 43.0 Å². The van der Waals surface area contributed by atoms with Crippen LogP contribution in [0.15, 0.2) is 69.9 Å². The third-order valence-corrected chi connectivity index (χ3v) is 7.53. The minimum absolute atomic E-state index is 0.0276. The maximum Gasteiger partial charge on any atom is 0.262 e. The molecule has 34 heavy (non-hydrogen) atoms. The molecule has 1 saturated heterocycles. The van der Waals surface area contributed by atoms with Crippen molar-refractivity contribution in [3.8, 4) is 0 Å². The van der Waals surface area contributed by atoms with Gasteiger partial charge in [-0.1, -0.05) is 42.1 Å². The van der Waals surface area contributed by atoms with Crippen molar-refractivity contribution in [3.63, 3.8) is 0 Å². The number of aromatic nitrogens is 3. The van der Waals surface area contributed by atoms with E-state index in [1.807, 2.05) is 59.2 Å². The van der Waals surface area contributed by atoms with E-state index in [4.69, 9.17) is 14.7 Å². The molecule has 0 amide bonds. The first-order valence-corrected chi connectivity index (χ1v) is 13.3. The quantitative estimate of drug-likeness (QED) is 0.270. The third-order valence-electron chi connectivity index (χ3n) is 5.71. The van der Waals surface area contributed by atoms with Crippen LogP contribution in [-0.2, 0) is 17.0 Å². The van der Waals surface area contributed by atoms with Crippen molar-refractivity contribution >= 4 is 44.8 Å². The van der Waals surface area contributed by atoms with Crippen molar-refractivity contribution in [2.75, 3.05) is 38.2 Å². The minimum Gasteiger partial charge on any atom is -0.379 e. The van der Waals surface area contributed by atoms with Crippen LogP contribution in [0.3, 0.4) is 0 Å². The normalized spacial score (nSPS) is 14.5. The van der Waals surface area contributed by atoms with Crippen molar-refractivity contribution in [2.24, 2.45) is 0 Å². The van der Waals surface area contributed by atoms with E-state index in [1.54, 1.807) is 23.1 Å². The second kappa shape index (κ2) is 11.1. The van der Waals surface area contributed by atoms with Gasteiger partial charge in [-0.2, -0.15) is 0 Å². The van der Waals surface area contributed by atoms with Gasteiger partial charge in [-0.25, -0.2) is 9.97 Å². The van der Waals surface area contributed by atoms with Crippen LogP contribution in [0, 0.1) is 0 Å². The highest BCUT2D eigenvalue weighted by Gasteiger charge is 2.14. The summed E-state index contributed by atoms with van der Waals surface area (Å²) in [5, 5.41) is 7.67. The maximum absolute atomic E-state index is 13.3. The Labute approximate surface area is 206 Å². The summed E-state index contributed by atoms with van der Waals surface area (Å²) < 4.78 is 7.28. The van der Waals surface area contributed by atoms with Gasteiger partial charge in [0.1, 0.15) is 0 Å². The molecule has 3 heterocycles. The molecule has 1 aliphatic heterocycles. The summed E-state index contributed by atoms with van der Waals surface area (Å²) in [4.78, 5) is 25.3. The molecule has 2 aromatic carbocycles. The number of rotatable bonds is 9. The van der Waals surface area contributed by atoms with Crippen LogP contribution in [0.2, 0.25) is 0 Å². The van der Waals surface area contributed by atoms with Gasteiger partial charge in [0.25, 0.3) is 5.56 Å². The van der Waals surface area contributed by atoms with Crippen LogP contribution in [0.25, 0.3) is 10.9 Å². The van der Waals surface area contributed by atoms with E-state index in [9.17, 15) is 4.79 Å². The lowest BCUT2D eigenvalue weighted by molar-refractivity contribution is 0.0368. The van der Waals surface area contributed by atoms with Crippen LogP contribution < -0.4 is 10.9 Å². The number of anilines is 2. The highest BCUT2D eigenvalue weighted by atomic mass is 32.2. The number of hydrogen-bond donors (Lipinski definition) is 1. The lowest BCUT2D eigenvalue weighted by Crippen LogP contribution is -2.37. The van der Waals surface area contributed by atoms with Crippen LogP contribution in [0.1, 0.15) is 12.1 Å². The fraction of sp³-hybridized carbons (Fsp3) is 0.320. The largest absolute Gasteiger partial charge is 0.379 e. The zero-order valence-electron chi connectivity index (χ0n) is 18.9. The molecular formula is C25H27N5O2S2. The molecule has 0 atom stereocenters. The van der Waals surface area contributed by atoms with E-state index in [0.29, 0.717) is 17.7 Å². The Balaban J connectivity index is 1.30. The number of benzene rings is 2. The van der Waals surface area contributed by atoms with E-state index in [-0.39, 0.29) is 5.56 Å². The van der Waals surface area contributed by atoms with Gasteiger partial charge in [-0.3, -0.25) is 14.3 Å². The van der Waals surface area contributed by atoms with E-state index in [1.165, 1.54) is 0 Å². The molecule has 9 heteroatoms. The summed E-state index contributed by atoms with van der Waals surface area (Å²) in [7, 11) is 0. The number of hydrogen-bond acceptors (Lipinski definition) is 8. The van der Waals surface area contributed by atoms with Crippen molar-refractivity contribution in [3.05, 3.63) is 76.0 Å². The van der Waals surface area contributed by atoms with E-state index in [2.05, 4.69) is 15.6 Å². The first kappa shape index (κ1) is 23.0. The molecular weight excluding hydrogens is 466 g/mol. The van der Waals surface area contributed by atoms with Gasteiger partial charge in [-0.05, 0) is 30.7 Å². The fourth-order valence-electron chi connectivity index (χ4n) is 3.95. The average molecular weight is 494 g/mol. The van der Waals surface area contributed by atoms with Gasteiger partial charge in [0.2, 0.25) is 0 Å². The standard InChI is InChI=1S/C25H27N5O2S2/c31-23-21-9-4-5-10-22(21)28-25(30(23)12-6-11-29-13-15-32-16-14-29)34-18-20-17-33-24(27-20)26-19-7-2-1-3-8-19/h1-5,7-10,17H,6,11-16,18H2,(H,26,27). The number of fused-ring (bicyclic) bond motifs is 1. The molecule has 0 unspecified atom stereocenters. The minimum atomic E-state index is 0.0276. The molecule has 0 aliphatic carbocycles. The highest BCUT2D eigenvalue weighted by Crippen LogP contribution is 2.26. The van der Waals surface area contributed by atoms with Gasteiger partial charge >= 0.3 is 0 Å². The van der Waals surface area contributed by atoms with Gasteiger partial charge in [0.05, 0.1) is 29.8 Å². The monoisotopic (exact) mass is 493 g/mol. The lowest BCUT2D eigenvalue weighted by atomic mass is 10.2. The first-order valence-electron chi connectivity index (χ1n) is 11.5. The van der Waals surface area contributed by atoms with Crippen LogP contribution in [-0.4, -0.2) is 52.3 Å². The zero-order chi connectivity index (χ0) is 23.2. The number of ether oxygens (including phenoxy) is 1. The lowest BCUT2D eigenvalue weighted by Gasteiger charge is -2.26. The van der Waals surface area contributed by atoms with Crippen molar-refractivity contribution in [2.45, 2.75) is 23.9 Å². The summed E-state index contributed by atoms with van der Waals surface area (Å²) in [5.74, 6) is 0.654. The number of thiazole rings is 1. The summed E-state index contributed by atoms with van der Waals surface area (Å²) in [6.45, 7) is 5.08. The number of thioether (sulfide) groups is 1. The molecule has 1 N–H and O–H groups in total. The Morgan fingerprint density at radius 2 is 1.79 bits per heavy atom. The topological polar surface area (TPSA) is 72.3 Å². The van der Waals surface area contributed by atoms with Crippen molar-refractivity contribution in [1.82, 2.24) is 19.4 Å². The van der Waals surface area contributed by atoms with Crippen LogP contribution in [0.4, 0.5) is 10.8 Å². The summed E-state index contributed by atoms with van der Waals surface area (Å²) >= 11 is 3.15. The molecule has 5 rings (SSSR count). The Bertz CT molecular complexity index is 1290. The van der Waals surface area contributed by atoms with Gasteiger partial charge in [-0.15, -0.1) is 11.3 Å². The molecule has 1 fully saturated rings. The SMILES string of the molecule is O=c1c2ccccc2nc(SCc2csc(Nc3ccccc3)n2)n1CCCN1CCOCC1. The summed E-state index contributed by atoms with van der Waals surface area (Å²) in [6, 6.07) is 17.6. The molecule has 0 bridgehead atoms. The van der Waals surface area contributed by atoms with E-state index < -0.39 is 0 Å². The molecule has 4 aromatic rings. The van der Waals surface area contributed by atoms with Crippen LogP contribution in [0.5, 0.6) is 0 Å². The summed E-state index contributed by atoms with van der Waals surface area (Å²) in [6.07, 6.45) is 0.898. The Morgan fingerprint density at radius 1 is 1.00 bits per heavy atom. The smallest absolute Gasteiger partial charge is 0.262 e. The van der Waals surface area contributed by atoms with Crippen LogP contribution >= 0.6 is 23.1 Å². The Morgan fingerprint density at radius 3 is 2.65 bits per heavy atom. The Hall–Kier alpha value is -2.72.